The van der Waals surface area contributed by atoms with Crippen molar-refractivity contribution in [3.63, 3.8) is 0 Å². The molecule has 5 nitrogen and oxygen atoms in total. The molecule has 0 saturated carbocycles. The Labute approximate surface area is 141 Å². The highest BCUT2D eigenvalue weighted by molar-refractivity contribution is 5.70. The Morgan fingerprint density at radius 3 is 2.33 bits per heavy atom. The van der Waals surface area contributed by atoms with E-state index < -0.39 is 0 Å². The van der Waals surface area contributed by atoms with Crippen LogP contribution in [0.15, 0.2) is 42.5 Å². The number of carbonyl (C=O) groups is 1. The molecule has 1 heterocycles. The van der Waals surface area contributed by atoms with Gasteiger partial charge >= 0.3 is 6.09 Å². The van der Waals surface area contributed by atoms with Crippen LogP contribution in [0.4, 0.5) is 4.79 Å². The fraction of sp³-hybridized carbons (Fsp3) is 0.316. The maximum absolute atomic E-state index is 12.3. The zero-order valence-corrected chi connectivity index (χ0v) is 14.1. The maximum Gasteiger partial charge on any atom is 0.410 e. The Balaban J connectivity index is 2.15. The van der Waals surface area contributed by atoms with Gasteiger partial charge in [0.05, 0.1) is 27.4 Å². The van der Waals surface area contributed by atoms with Gasteiger partial charge in [-0.3, -0.25) is 4.90 Å². The number of hydrogen-bond acceptors (Lipinski definition) is 4. The molecule has 2 aromatic rings. The molecule has 0 radical (unpaired) electrons. The topological polar surface area (TPSA) is 48.0 Å². The first-order valence-corrected chi connectivity index (χ1v) is 7.84. The van der Waals surface area contributed by atoms with Crippen LogP contribution in [0.2, 0.25) is 0 Å². The number of benzene rings is 2. The largest absolute Gasteiger partial charge is 0.493 e. The van der Waals surface area contributed by atoms with E-state index in [2.05, 4.69) is 0 Å². The van der Waals surface area contributed by atoms with Crippen LogP contribution in [-0.4, -0.2) is 38.9 Å². The second-order valence-corrected chi connectivity index (χ2v) is 5.63. The molecule has 5 heteroatoms. The molecule has 0 spiro atoms. The lowest BCUT2D eigenvalue weighted by atomic mass is 9.88. The van der Waals surface area contributed by atoms with Gasteiger partial charge in [-0.15, -0.1) is 0 Å². The van der Waals surface area contributed by atoms with Gasteiger partial charge in [0.15, 0.2) is 11.5 Å². The SMILES string of the molecule is COC(=O)N1CCc2cc(OC)c(OC)cc2[C@H]1c1ccccc1. The van der Waals surface area contributed by atoms with Crippen molar-refractivity contribution in [3.05, 3.63) is 59.2 Å². The first kappa shape index (κ1) is 16.2. The van der Waals surface area contributed by atoms with E-state index in [0.29, 0.717) is 18.0 Å². The summed E-state index contributed by atoms with van der Waals surface area (Å²) in [5.74, 6) is 1.36. The van der Waals surface area contributed by atoms with E-state index in [1.807, 2.05) is 42.5 Å². The minimum atomic E-state index is -0.329. The predicted molar refractivity (Wildman–Crippen MR) is 90.6 cm³/mol. The smallest absolute Gasteiger partial charge is 0.410 e. The quantitative estimate of drug-likeness (QED) is 0.867. The number of hydrogen-bond donors (Lipinski definition) is 0. The van der Waals surface area contributed by atoms with Crippen molar-refractivity contribution in [2.45, 2.75) is 12.5 Å². The number of methoxy groups -OCH3 is 3. The Hall–Kier alpha value is -2.69. The Morgan fingerprint density at radius 2 is 1.71 bits per heavy atom. The summed E-state index contributed by atoms with van der Waals surface area (Å²) in [4.78, 5) is 14.0. The summed E-state index contributed by atoms with van der Waals surface area (Å²) >= 11 is 0. The van der Waals surface area contributed by atoms with Crippen molar-refractivity contribution in [2.24, 2.45) is 0 Å². The van der Waals surface area contributed by atoms with Crippen LogP contribution in [-0.2, 0) is 11.2 Å². The number of ether oxygens (including phenoxy) is 3. The lowest BCUT2D eigenvalue weighted by Crippen LogP contribution is -2.40. The number of carbonyl (C=O) groups excluding carboxylic acids is 1. The molecular weight excluding hydrogens is 306 g/mol. The molecule has 0 fully saturated rings. The van der Waals surface area contributed by atoms with Gasteiger partial charge in [0.1, 0.15) is 0 Å². The molecule has 24 heavy (non-hydrogen) atoms. The number of rotatable bonds is 3. The fourth-order valence-electron chi connectivity index (χ4n) is 3.25. The summed E-state index contributed by atoms with van der Waals surface area (Å²) in [6.45, 7) is 0.592. The Kier molecular flexibility index (Phi) is 4.60. The third-order valence-electron chi connectivity index (χ3n) is 4.40. The van der Waals surface area contributed by atoms with Crippen LogP contribution in [0.5, 0.6) is 11.5 Å². The van der Waals surface area contributed by atoms with Gasteiger partial charge in [-0.25, -0.2) is 4.79 Å². The van der Waals surface area contributed by atoms with Crippen molar-refractivity contribution >= 4 is 6.09 Å². The first-order valence-electron chi connectivity index (χ1n) is 7.84. The zero-order chi connectivity index (χ0) is 17.1. The van der Waals surface area contributed by atoms with E-state index >= 15 is 0 Å². The van der Waals surface area contributed by atoms with Crippen molar-refractivity contribution in [1.82, 2.24) is 4.90 Å². The minimum absolute atomic E-state index is 0.206. The van der Waals surface area contributed by atoms with Crippen LogP contribution in [0.25, 0.3) is 0 Å². The molecule has 0 unspecified atom stereocenters. The molecule has 3 rings (SSSR count). The Morgan fingerprint density at radius 1 is 1.04 bits per heavy atom. The van der Waals surface area contributed by atoms with Gasteiger partial charge in [0.2, 0.25) is 0 Å². The van der Waals surface area contributed by atoms with Gasteiger partial charge in [0, 0.05) is 6.54 Å². The molecule has 0 saturated heterocycles. The van der Waals surface area contributed by atoms with Crippen molar-refractivity contribution in [2.75, 3.05) is 27.9 Å². The van der Waals surface area contributed by atoms with Crippen LogP contribution in [0.1, 0.15) is 22.7 Å². The summed E-state index contributed by atoms with van der Waals surface area (Å²) in [5, 5.41) is 0. The van der Waals surface area contributed by atoms with E-state index in [0.717, 1.165) is 23.1 Å². The molecule has 1 aliphatic rings. The normalized spacial score (nSPS) is 16.3. The summed E-state index contributed by atoms with van der Waals surface area (Å²) in [7, 11) is 4.65. The van der Waals surface area contributed by atoms with Crippen LogP contribution in [0, 0.1) is 0 Å². The zero-order valence-electron chi connectivity index (χ0n) is 14.1. The van der Waals surface area contributed by atoms with Gasteiger partial charge < -0.3 is 14.2 Å². The van der Waals surface area contributed by atoms with Gasteiger partial charge in [0.25, 0.3) is 0 Å². The number of fused-ring (bicyclic) bond motifs is 1. The van der Waals surface area contributed by atoms with E-state index in [9.17, 15) is 4.79 Å². The lowest BCUT2D eigenvalue weighted by molar-refractivity contribution is 0.109. The van der Waals surface area contributed by atoms with Gasteiger partial charge in [-0.1, -0.05) is 30.3 Å². The van der Waals surface area contributed by atoms with Crippen LogP contribution < -0.4 is 9.47 Å². The molecule has 1 aliphatic heterocycles. The van der Waals surface area contributed by atoms with Crippen molar-refractivity contribution in [1.29, 1.82) is 0 Å². The predicted octanol–water partition coefficient (Wildman–Crippen LogP) is 3.42. The lowest BCUT2D eigenvalue weighted by Gasteiger charge is -2.37. The number of nitrogens with zero attached hydrogens (tertiary/aromatic N) is 1. The average Bonchev–Trinajstić information content (AvgIpc) is 2.65. The molecule has 2 aromatic carbocycles. The molecule has 1 atom stereocenters. The van der Waals surface area contributed by atoms with Crippen LogP contribution >= 0.6 is 0 Å². The standard InChI is InChI=1S/C19H21NO4/c1-22-16-11-14-9-10-20(19(21)24-3)18(13-7-5-4-6-8-13)15(14)12-17(16)23-2/h4-8,11-12,18H,9-10H2,1-3H3/t18-/m1/s1. The number of amides is 1. The van der Waals surface area contributed by atoms with Gasteiger partial charge in [-0.2, -0.15) is 0 Å². The molecule has 0 N–H and O–H groups in total. The third-order valence-corrected chi connectivity index (χ3v) is 4.40. The summed E-state index contributed by atoms with van der Waals surface area (Å²) in [5.41, 5.74) is 3.23. The molecule has 0 aliphatic carbocycles. The highest BCUT2D eigenvalue weighted by Crippen LogP contribution is 2.41. The highest BCUT2D eigenvalue weighted by Gasteiger charge is 2.33. The van der Waals surface area contributed by atoms with E-state index in [1.54, 1.807) is 19.1 Å². The third kappa shape index (κ3) is 2.77. The summed E-state index contributed by atoms with van der Waals surface area (Å²) < 4.78 is 15.8. The van der Waals surface area contributed by atoms with Crippen LogP contribution in [0.3, 0.4) is 0 Å². The maximum atomic E-state index is 12.3. The monoisotopic (exact) mass is 327 g/mol. The van der Waals surface area contributed by atoms with E-state index in [-0.39, 0.29) is 12.1 Å². The minimum Gasteiger partial charge on any atom is -0.493 e. The van der Waals surface area contributed by atoms with E-state index in [4.69, 9.17) is 14.2 Å². The average molecular weight is 327 g/mol. The van der Waals surface area contributed by atoms with Gasteiger partial charge in [-0.05, 0) is 35.2 Å². The second kappa shape index (κ2) is 6.83. The fourth-order valence-corrected chi connectivity index (χ4v) is 3.25. The highest BCUT2D eigenvalue weighted by atomic mass is 16.5. The second-order valence-electron chi connectivity index (χ2n) is 5.63. The van der Waals surface area contributed by atoms with Crippen molar-refractivity contribution in [3.8, 4) is 11.5 Å². The molecule has 126 valence electrons. The summed E-state index contributed by atoms with van der Waals surface area (Å²) in [6, 6.07) is 13.7. The summed E-state index contributed by atoms with van der Waals surface area (Å²) in [6.07, 6.45) is 0.415. The molecular formula is C19H21NO4. The first-order chi connectivity index (χ1) is 11.7. The molecule has 0 bridgehead atoms. The van der Waals surface area contributed by atoms with E-state index in [1.165, 1.54) is 7.11 Å². The molecule has 1 amide bonds. The van der Waals surface area contributed by atoms with Crippen molar-refractivity contribution < 1.29 is 19.0 Å². The Bertz CT molecular complexity index is 730. The molecule has 0 aromatic heterocycles.